The first-order valence-electron chi connectivity index (χ1n) is 40.6. The highest BCUT2D eigenvalue weighted by Crippen LogP contribution is 2.42. The van der Waals surface area contributed by atoms with Crippen molar-refractivity contribution in [3.8, 4) is 0 Å². The Bertz CT molecular complexity index is 4000. The van der Waals surface area contributed by atoms with Gasteiger partial charge in [0.15, 0.2) is 37.0 Å². The third kappa shape index (κ3) is 35.1. The molecule has 0 saturated carbocycles. The normalized spacial score (nSPS) is 23.1. The van der Waals surface area contributed by atoms with Gasteiger partial charge in [0.05, 0.1) is 117 Å². The Hall–Kier alpha value is -10.2. The summed E-state index contributed by atoms with van der Waals surface area (Å²) in [6.45, 7) is 13.1. The number of hydrogen-bond acceptors (Lipinski definition) is 34. The van der Waals surface area contributed by atoms with E-state index < -0.39 is 207 Å². The van der Waals surface area contributed by atoms with Gasteiger partial charge in [0.2, 0.25) is 17.7 Å². The first kappa shape index (κ1) is 101. The predicted molar refractivity (Wildman–Crippen MR) is 429 cm³/mol. The standard InChI is InChI=1S/C86H116N4O34/c1-53-71(111-48-61-25-17-13-18-26-61)75(112-49-62-27-19-14-20-28-62)77(113-50-63-29-21-15-22-30-63)81(115-53)108-45-43-106-42-40-105-38-36-88-79(99)65(90-84(102)124-85(9,10)11)33-34-69(98)87-35-37-104-39-41-107-44-46-109-82-78(120-60(8)97)76(73(119-59(7)96)68(121-82)52-114-80(100)64-31-23-16-24-32-64)123-86(83(101)103-12)47-66(116-56(4)93)70(89-54(2)91)74(122-86)72(118-58(6)95)67(117-57(5)94)51-110-55(3)92/h13-32,53,65-68,70-78,81-82H,33-52H2,1-12H3,(H,87,98)(H,88,99)(H,89,91)(H,90,102)/t53-,65-,66-,67+,68+,70+,71+,72+,73-,74+,75+,76-,77-,78+,81+,82+,86-/m0/s1. The molecule has 0 unspecified atom stereocenters. The Kier molecular flexibility index (Phi) is 42.8. The van der Waals surface area contributed by atoms with Gasteiger partial charge in [0.1, 0.15) is 67.6 Å². The fraction of sp³-hybridized carbons (Fsp3) is 0.581. The van der Waals surface area contributed by atoms with Gasteiger partial charge in [-0.3, -0.25) is 43.2 Å². The van der Waals surface area contributed by atoms with Gasteiger partial charge in [-0.05, 0) is 62.9 Å². The molecule has 4 amide bonds. The van der Waals surface area contributed by atoms with Crippen LogP contribution in [0.25, 0.3) is 0 Å². The van der Waals surface area contributed by atoms with Crippen LogP contribution in [-0.2, 0) is 172 Å². The van der Waals surface area contributed by atoms with Crippen LogP contribution in [0.15, 0.2) is 121 Å². The summed E-state index contributed by atoms with van der Waals surface area (Å²) in [6.07, 6.45) is -22.3. The van der Waals surface area contributed by atoms with E-state index in [2.05, 4.69) is 21.3 Å². The summed E-state index contributed by atoms with van der Waals surface area (Å²) < 4.78 is 132. The number of benzene rings is 4. The van der Waals surface area contributed by atoms with Gasteiger partial charge in [-0.2, -0.15) is 0 Å². The van der Waals surface area contributed by atoms with Crippen molar-refractivity contribution in [2.24, 2.45) is 0 Å². The summed E-state index contributed by atoms with van der Waals surface area (Å²) in [4.78, 5) is 159. The minimum atomic E-state index is -3.04. The Labute approximate surface area is 719 Å². The lowest BCUT2D eigenvalue weighted by atomic mass is 9.87. The molecule has 3 heterocycles. The van der Waals surface area contributed by atoms with Crippen molar-refractivity contribution in [1.29, 1.82) is 0 Å². The Morgan fingerprint density at radius 3 is 1.51 bits per heavy atom. The zero-order valence-corrected chi connectivity index (χ0v) is 71.8. The fourth-order valence-electron chi connectivity index (χ4n) is 13.3. The van der Waals surface area contributed by atoms with Crippen LogP contribution in [0, 0.1) is 0 Å². The van der Waals surface area contributed by atoms with Crippen LogP contribution >= 0.6 is 0 Å². The number of alkyl carbamates (subject to hydrolysis) is 1. The van der Waals surface area contributed by atoms with Crippen LogP contribution < -0.4 is 21.3 Å². The third-order valence-electron chi connectivity index (χ3n) is 18.5. The number of esters is 8. The minimum absolute atomic E-state index is 0.0107. The Morgan fingerprint density at radius 1 is 0.508 bits per heavy atom. The van der Waals surface area contributed by atoms with Gasteiger partial charge in [0, 0.05) is 68.0 Å². The number of amides is 4. The number of nitrogens with one attached hydrogen (secondary N) is 4. The van der Waals surface area contributed by atoms with Crippen LogP contribution in [0.2, 0.25) is 0 Å². The van der Waals surface area contributed by atoms with Crippen molar-refractivity contribution in [1.82, 2.24) is 21.3 Å². The Morgan fingerprint density at radius 2 is 1.00 bits per heavy atom. The highest BCUT2D eigenvalue weighted by atomic mass is 16.8. The number of carbonyl (C=O) groups excluding carboxylic acids is 12. The van der Waals surface area contributed by atoms with Crippen molar-refractivity contribution in [3.05, 3.63) is 144 Å². The Balaban J connectivity index is 0.918. The molecule has 7 rings (SSSR count). The summed E-state index contributed by atoms with van der Waals surface area (Å²) in [5.41, 5.74) is 2.08. The van der Waals surface area contributed by atoms with E-state index in [4.69, 9.17) is 104 Å². The average molecular weight is 1750 g/mol. The lowest BCUT2D eigenvalue weighted by Gasteiger charge is -2.51. The van der Waals surface area contributed by atoms with E-state index in [1.807, 2.05) is 97.9 Å². The smallest absolute Gasteiger partial charge is 0.408 e. The first-order valence-corrected chi connectivity index (χ1v) is 40.6. The molecule has 684 valence electrons. The summed E-state index contributed by atoms with van der Waals surface area (Å²) in [7, 11) is 0.888. The van der Waals surface area contributed by atoms with Crippen molar-refractivity contribution in [3.63, 3.8) is 0 Å². The number of carbonyl (C=O) groups is 12. The van der Waals surface area contributed by atoms with E-state index in [0.29, 0.717) is 13.2 Å². The molecule has 0 spiro atoms. The van der Waals surface area contributed by atoms with Gasteiger partial charge < -0.3 is 125 Å². The van der Waals surface area contributed by atoms with Crippen LogP contribution in [0.4, 0.5) is 4.79 Å². The molecular weight excluding hydrogens is 1630 g/mol. The van der Waals surface area contributed by atoms with E-state index in [1.54, 1.807) is 39.0 Å². The van der Waals surface area contributed by atoms with Gasteiger partial charge in [-0.25, -0.2) is 14.4 Å². The zero-order chi connectivity index (χ0) is 90.1. The largest absolute Gasteiger partial charge is 0.465 e. The van der Waals surface area contributed by atoms with E-state index in [0.717, 1.165) is 72.3 Å². The summed E-state index contributed by atoms with van der Waals surface area (Å²) in [5, 5.41) is 10.5. The number of methoxy groups -OCH3 is 1. The second kappa shape index (κ2) is 52.5. The molecule has 4 N–H and O–H groups in total. The highest BCUT2D eigenvalue weighted by Gasteiger charge is 2.64. The molecule has 3 aliphatic rings. The quantitative estimate of drug-likeness (QED) is 0.0261. The predicted octanol–water partition coefficient (Wildman–Crippen LogP) is 4.84. The van der Waals surface area contributed by atoms with Gasteiger partial charge in [0.25, 0.3) is 5.79 Å². The molecule has 0 aromatic heterocycles. The van der Waals surface area contributed by atoms with Gasteiger partial charge in [-0.1, -0.05) is 109 Å². The molecule has 0 bridgehead atoms. The van der Waals surface area contributed by atoms with Crippen LogP contribution in [-0.4, -0.2) is 280 Å². The molecule has 3 saturated heterocycles. The molecular formula is C86H116N4O34. The number of ether oxygens (including phenoxy) is 22. The monoisotopic (exact) mass is 1750 g/mol. The molecule has 38 nitrogen and oxygen atoms in total. The maximum absolute atomic E-state index is 14.8. The van der Waals surface area contributed by atoms with Crippen LogP contribution in [0.3, 0.4) is 0 Å². The maximum Gasteiger partial charge on any atom is 0.408 e. The molecule has 3 aliphatic heterocycles. The van der Waals surface area contributed by atoms with Crippen LogP contribution in [0.1, 0.15) is 122 Å². The van der Waals surface area contributed by atoms with Gasteiger partial charge in [-0.15, -0.1) is 0 Å². The molecule has 0 aliphatic carbocycles. The van der Waals surface area contributed by atoms with Crippen molar-refractivity contribution >= 4 is 71.6 Å². The summed E-state index contributed by atoms with van der Waals surface area (Å²) in [5.74, 6) is -13.4. The summed E-state index contributed by atoms with van der Waals surface area (Å²) >= 11 is 0. The number of rotatable bonds is 50. The molecule has 0 radical (unpaired) electrons. The molecule has 4 aromatic rings. The second-order valence-corrected chi connectivity index (χ2v) is 29.7. The third-order valence-corrected chi connectivity index (χ3v) is 18.5. The molecule has 124 heavy (non-hydrogen) atoms. The summed E-state index contributed by atoms with van der Waals surface area (Å²) in [6, 6.07) is 34.2. The van der Waals surface area contributed by atoms with E-state index in [1.165, 1.54) is 12.1 Å². The maximum atomic E-state index is 14.8. The zero-order valence-electron chi connectivity index (χ0n) is 71.8. The van der Waals surface area contributed by atoms with Crippen molar-refractivity contribution in [2.45, 2.75) is 225 Å². The number of hydrogen-bond donors (Lipinski definition) is 4. The molecule has 4 aromatic carbocycles. The first-order chi connectivity index (χ1) is 59.3. The highest BCUT2D eigenvalue weighted by molar-refractivity contribution is 5.89. The minimum Gasteiger partial charge on any atom is -0.465 e. The van der Waals surface area contributed by atoms with Crippen molar-refractivity contribution in [2.75, 3.05) is 99.5 Å². The second-order valence-electron chi connectivity index (χ2n) is 29.7. The lowest BCUT2D eigenvalue weighted by molar-refractivity contribution is -0.371. The van der Waals surface area contributed by atoms with E-state index in [9.17, 15) is 57.5 Å². The molecule has 3 fully saturated rings. The van der Waals surface area contributed by atoms with Gasteiger partial charge >= 0.3 is 53.8 Å². The SMILES string of the molecule is COC(=O)[C@@]1(O[C@H]2[C@@H](OC(C)=O)[C@@H](COC(=O)c3ccccc3)O[C@@H](OCCOCCOCCNC(=O)CC[C@H](NC(=O)OC(C)(C)C)C(=O)NCCOCCOCCO[C@@H]3O[C@@H](C)[C@@H](OCc4ccccc4)[C@@H](OCc4ccccc4)[C@@H]3OCc3ccccc3)[C@@H]2OC(C)=O)C[C@H](OC(C)=O)[C@@H](NC(C)=O)[C@H]([C@H](OC(C)=O)[C@@H](COC(C)=O)OC(C)=O)O1. The average Bonchev–Trinajstić information content (AvgIpc) is 0.739. The molecule has 17 atom stereocenters. The van der Waals surface area contributed by atoms with E-state index in [-0.39, 0.29) is 97.6 Å². The lowest BCUT2D eigenvalue weighted by Crippen LogP contribution is -2.72. The fourth-order valence-corrected chi connectivity index (χ4v) is 13.3. The van der Waals surface area contributed by atoms with Crippen molar-refractivity contribution < 1.29 is 162 Å². The van der Waals surface area contributed by atoms with Crippen LogP contribution in [0.5, 0.6) is 0 Å². The topological polar surface area (TPSA) is 456 Å². The molecule has 38 heteroatoms. The van der Waals surface area contributed by atoms with E-state index >= 15 is 0 Å².